The molecule has 10 nitrogen and oxygen atoms in total. The Morgan fingerprint density at radius 1 is 1.35 bits per heavy atom. The highest BCUT2D eigenvalue weighted by Gasteiger charge is 2.13. The normalized spacial score (nSPS) is 10.7. The first kappa shape index (κ1) is 18.0. The molecule has 2 N–H and O–H groups in total. The second kappa shape index (κ2) is 7.59. The van der Waals surface area contributed by atoms with Gasteiger partial charge in [-0.15, -0.1) is 5.10 Å². The molecule has 134 valence electrons. The minimum atomic E-state index is -0.460. The number of nitrogen functional groups attached to an aromatic ring is 1. The molecule has 0 saturated heterocycles. The molecule has 2 heterocycles. The molecular weight excluding hydrogens is 453 g/mol. The lowest BCUT2D eigenvalue weighted by atomic mass is 10.3. The lowest BCUT2D eigenvalue weighted by Gasteiger charge is -2.06. The van der Waals surface area contributed by atoms with Crippen molar-refractivity contribution in [1.29, 1.82) is 0 Å². The van der Waals surface area contributed by atoms with Gasteiger partial charge in [0.1, 0.15) is 33.4 Å². The van der Waals surface area contributed by atoms with Crippen molar-refractivity contribution >= 4 is 34.1 Å². The molecule has 26 heavy (non-hydrogen) atoms. The summed E-state index contributed by atoms with van der Waals surface area (Å²) in [6.45, 7) is 2.36. The smallest absolute Gasteiger partial charge is 0.269 e. The summed E-state index contributed by atoms with van der Waals surface area (Å²) in [5.74, 6) is 1.53. The van der Waals surface area contributed by atoms with E-state index in [2.05, 4.69) is 42.9 Å². The van der Waals surface area contributed by atoms with Gasteiger partial charge < -0.3 is 10.5 Å². The second-order valence-corrected chi connectivity index (χ2v) is 6.37. The summed E-state index contributed by atoms with van der Waals surface area (Å²) in [6, 6.07) is 5.86. The Kier molecular flexibility index (Phi) is 5.25. The van der Waals surface area contributed by atoms with Crippen molar-refractivity contribution in [1.82, 2.24) is 25.0 Å². The molecule has 0 atom stereocenters. The van der Waals surface area contributed by atoms with Crippen LogP contribution in [0.4, 0.5) is 11.5 Å². The van der Waals surface area contributed by atoms with E-state index in [1.165, 1.54) is 12.1 Å². The van der Waals surface area contributed by atoms with Crippen LogP contribution >= 0.6 is 22.6 Å². The minimum absolute atomic E-state index is 0.00998. The molecule has 1 aromatic carbocycles. The predicted molar refractivity (Wildman–Crippen MR) is 100 cm³/mol. The fraction of sp³-hybridized carbons (Fsp3) is 0.200. The van der Waals surface area contributed by atoms with E-state index in [0.29, 0.717) is 29.6 Å². The van der Waals surface area contributed by atoms with E-state index in [4.69, 9.17) is 10.5 Å². The van der Waals surface area contributed by atoms with Crippen molar-refractivity contribution in [3.05, 3.63) is 61.4 Å². The maximum absolute atomic E-state index is 10.7. The molecule has 0 unspecified atom stereocenters. The van der Waals surface area contributed by atoms with Gasteiger partial charge in [0, 0.05) is 23.9 Å². The van der Waals surface area contributed by atoms with E-state index < -0.39 is 4.92 Å². The van der Waals surface area contributed by atoms with E-state index in [-0.39, 0.29) is 12.3 Å². The van der Waals surface area contributed by atoms with Gasteiger partial charge in [0.15, 0.2) is 0 Å². The summed E-state index contributed by atoms with van der Waals surface area (Å²) < 4.78 is 8.09. The zero-order valence-electron chi connectivity index (χ0n) is 13.7. The number of hydrogen-bond donors (Lipinski definition) is 1. The Morgan fingerprint density at radius 2 is 2.08 bits per heavy atom. The first-order chi connectivity index (χ1) is 12.4. The van der Waals surface area contributed by atoms with Crippen molar-refractivity contribution < 1.29 is 9.66 Å². The summed E-state index contributed by atoms with van der Waals surface area (Å²) in [5, 5.41) is 18.9. The van der Waals surface area contributed by atoms with Crippen molar-refractivity contribution in [2.75, 3.05) is 5.73 Å². The van der Waals surface area contributed by atoms with Crippen LogP contribution in [0.1, 0.15) is 17.1 Å². The highest BCUT2D eigenvalue weighted by atomic mass is 127. The van der Waals surface area contributed by atoms with Gasteiger partial charge in [-0.3, -0.25) is 10.1 Å². The molecule has 0 spiro atoms. The fourth-order valence-electron chi connectivity index (χ4n) is 2.14. The van der Waals surface area contributed by atoms with E-state index in [1.807, 2.05) is 0 Å². The van der Waals surface area contributed by atoms with Gasteiger partial charge >= 0.3 is 0 Å². The standard InChI is InChI=1S/C15H14IN7O3/c1-9-18-6-10(15(17)19-9)7-22-14(16)13(20-21-22)8-26-12-4-2-11(3-5-12)23(24)25/h2-6H,7-8H2,1H3,(H2,17,18,19). The van der Waals surface area contributed by atoms with Crippen LogP contribution in [-0.4, -0.2) is 29.9 Å². The van der Waals surface area contributed by atoms with Gasteiger partial charge in [0.05, 0.1) is 11.5 Å². The summed E-state index contributed by atoms with van der Waals surface area (Å²) in [5.41, 5.74) is 7.32. The molecule has 0 fully saturated rings. The first-order valence-corrected chi connectivity index (χ1v) is 8.55. The summed E-state index contributed by atoms with van der Waals surface area (Å²) in [4.78, 5) is 18.5. The van der Waals surface area contributed by atoms with Crippen LogP contribution in [0.25, 0.3) is 0 Å². The van der Waals surface area contributed by atoms with Crippen LogP contribution in [0.2, 0.25) is 0 Å². The fourth-order valence-corrected chi connectivity index (χ4v) is 2.67. The molecule has 0 bridgehead atoms. The van der Waals surface area contributed by atoms with E-state index in [0.717, 1.165) is 9.26 Å². The number of ether oxygens (including phenoxy) is 1. The molecule has 0 amide bonds. The number of nitrogens with zero attached hydrogens (tertiary/aromatic N) is 6. The minimum Gasteiger partial charge on any atom is -0.487 e. The van der Waals surface area contributed by atoms with Gasteiger partial charge in [0.25, 0.3) is 5.69 Å². The summed E-state index contributed by atoms with van der Waals surface area (Å²) >= 11 is 2.13. The number of nitro benzene ring substituents is 1. The van der Waals surface area contributed by atoms with Crippen molar-refractivity contribution in [3.63, 3.8) is 0 Å². The Morgan fingerprint density at radius 3 is 2.73 bits per heavy atom. The molecule has 0 radical (unpaired) electrons. The van der Waals surface area contributed by atoms with Crippen LogP contribution in [0.3, 0.4) is 0 Å². The second-order valence-electron chi connectivity index (χ2n) is 5.35. The van der Waals surface area contributed by atoms with Gasteiger partial charge in [-0.25, -0.2) is 14.6 Å². The molecule has 0 aliphatic rings. The largest absolute Gasteiger partial charge is 0.487 e. The van der Waals surface area contributed by atoms with Crippen molar-refractivity contribution in [3.8, 4) is 5.75 Å². The van der Waals surface area contributed by atoms with Gasteiger partial charge in [0.2, 0.25) is 0 Å². The number of nitro groups is 1. The average Bonchev–Trinajstić information content (AvgIpc) is 2.96. The molecule has 0 aliphatic carbocycles. The predicted octanol–water partition coefficient (Wildman–Crippen LogP) is 2.10. The lowest BCUT2D eigenvalue weighted by Crippen LogP contribution is -2.09. The van der Waals surface area contributed by atoms with Crippen molar-refractivity contribution in [2.24, 2.45) is 0 Å². The SMILES string of the molecule is Cc1ncc(Cn2nnc(COc3ccc([N+](=O)[O-])cc3)c2I)c(N)n1. The molecule has 2 aromatic heterocycles. The molecule has 0 aliphatic heterocycles. The number of anilines is 1. The number of rotatable bonds is 6. The number of aromatic nitrogens is 5. The Balaban J connectivity index is 1.67. The number of nitrogens with two attached hydrogens (primary N) is 1. The molecule has 0 saturated carbocycles. The number of hydrogen-bond acceptors (Lipinski definition) is 8. The van der Waals surface area contributed by atoms with Crippen LogP contribution in [-0.2, 0) is 13.2 Å². The lowest BCUT2D eigenvalue weighted by molar-refractivity contribution is -0.384. The van der Waals surface area contributed by atoms with Crippen molar-refractivity contribution in [2.45, 2.75) is 20.1 Å². The van der Waals surface area contributed by atoms with Crippen LogP contribution in [0.5, 0.6) is 5.75 Å². The maximum atomic E-state index is 10.7. The Hall–Kier alpha value is -2.83. The number of aryl methyl sites for hydroxylation is 1. The summed E-state index contributed by atoms with van der Waals surface area (Å²) in [6.07, 6.45) is 1.67. The molecule has 11 heteroatoms. The van der Waals surface area contributed by atoms with E-state index in [9.17, 15) is 10.1 Å². The van der Waals surface area contributed by atoms with E-state index in [1.54, 1.807) is 29.9 Å². The molecule has 3 rings (SSSR count). The molecular formula is C15H14IN7O3. The molecule has 3 aromatic rings. The number of benzene rings is 1. The van der Waals surface area contributed by atoms with E-state index >= 15 is 0 Å². The Labute approximate surface area is 161 Å². The third-order valence-electron chi connectivity index (χ3n) is 3.50. The van der Waals surface area contributed by atoms with Gasteiger partial charge in [-0.1, -0.05) is 5.21 Å². The van der Waals surface area contributed by atoms with Crippen LogP contribution in [0, 0.1) is 20.7 Å². The maximum Gasteiger partial charge on any atom is 0.269 e. The first-order valence-electron chi connectivity index (χ1n) is 7.47. The number of halogens is 1. The van der Waals surface area contributed by atoms with Crippen LogP contribution < -0.4 is 10.5 Å². The summed E-state index contributed by atoms with van der Waals surface area (Å²) in [7, 11) is 0. The third kappa shape index (κ3) is 4.04. The number of non-ortho nitro benzene ring substituents is 1. The average molecular weight is 467 g/mol. The topological polar surface area (TPSA) is 135 Å². The highest BCUT2D eigenvalue weighted by molar-refractivity contribution is 14.1. The monoisotopic (exact) mass is 467 g/mol. The Bertz CT molecular complexity index is 943. The quantitative estimate of drug-likeness (QED) is 0.331. The zero-order valence-corrected chi connectivity index (χ0v) is 15.8. The highest BCUT2D eigenvalue weighted by Crippen LogP contribution is 2.20. The van der Waals surface area contributed by atoms with Crippen LogP contribution in [0.15, 0.2) is 30.5 Å². The third-order valence-corrected chi connectivity index (χ3v) is 4.68. The zero-order chi connectivity index (χ0) is 18.7. The van der Waals surface area contributed by atoms with Gasteiger partial charge in [-0.05, 0) is 41.6 Å². The van der Waals surface area contributed by atoms with Gasteiger partial charge in [-0.2, -0.15) is 0 Å².